The van der Waals surface area contributed by atoms with Crippen LogP contribution in [0.4, 0.5) is 15.3 Å². The molecule has 606 valence electrons. The minimum atomic E-state index is -0.963. The third-order valence-corrected chi connectivity index (χ3v) is 21.8. The molecule has 1 aromatic heterocycles. The van der Waals surface area contributed by atoms with Gasteiger partial charge in [0.25, 0.3) is 0 Å². The fourth-order valence-electron chi connectivity index (χ4n) is 14.7. The van der Waals surface area contributed by atoms with Gasteiger partial charge in [-0.05, 0) is 119 Å². The molecule has 12 atom stereocenters. The second kappa shape index (κ2) is 46.4. The average molecular weight is 1530 g/mol. The number of amides is 7. The Morgan fingerprint density at radius 3 is 1.92 bits per heavy atom. The molecule has 1 aliphatic rings. The highest BCUT2D eigenvalue weighted by atomic mass is 32.1. The quantitative estimate of drug-likeness (QED) is 0.0328. The molecule has 0 unspecified atom stereocenters. The van der Waals surface area contributed by atoms with Crippen molar-refractivity contribution in [3.05, 3.63) is 82.3 Å². The van der Waals surface area contributed by atoms with Gasteiger partial charge in [0.15, 0.2) is 17.3 Å². The summed E-state index contributed by atoms with van der Waals surface area (Å²) < 4.78 is 18.1. The van der Waals surface area contributed by atoms with E-state index >= 15 is 0 Å². The first kappa shape index (κ1) is 94.9. The smallest absolute Gasteiger partial charge is 0.410 e. The van der Waals surface area contributed by atoms with Crippen LogP contribution < -0.4 is 27.0 Å². The van der Waals surface area contributed by atoms with E-state index in [2.05, 4.69) is 38.4 Å². The maximum absolute atomic E-state index is 15.0. The molecular formula is C84H135N9O14S. The number of anilines is 1. The Bertz CT molecular complexity index is 3320. The van der Waals surface area contributed by atoms with Gasteiger partial charge in [-0.1, -0.05) is 152 Å². The van der Waals surface area contributed by atoms with Crippen LogP contribution in [0.15, 0.2) is 66.2 Å². The molecule has 7 amide bonds. The molecule has 23 nitrogen and oxygen atoms in total. The van der Waals surface area contributed by atoms with Gasteiger partial charge in [-0.3, -0.25) is 43.2 Å². The van der Waals surface area contributed by atoms with Gasteiger partial charge in [-0.15, -0.1) is 11.3 Å². The lowest BCUT2D eigenvalue weighted by atomic mass is 9.83. The van der Waals surface area contributed by atoms with Gasteiger partial charge in [0.2, 0.25) is 23.6 Å². The largest absolute Gasteiger partial charge is 0.445 e. The van der Waals surface area contributed by atoms with Crippen LogP contribution in [-0.2, 0) is 70.4 Å². The Hall–Kier alpha value is -7.28. The second-order valence-electron chi connectivity index (χ2n) is 32.7. The molecule has 1 fully saturated rings. The summed E-state index contributed by atoms with van der Waals surface area (Å²) in [7, 11) is 6.34. The van der Waals surface area contributed by atoms with Gasteiger partial charge in [0, 0.05) is 132 Å². The summed E-state index contributed by atoms with van der Waals surface area (Å²) in [6.07, 6.45) is 6.78. The van der Waals surface area contributed by atoms with Crippen molar-refractivity contribution in [2.24, 2.45) is 52.6 Å². The van der Waals surface area contributed by atoms with E-state index in [0.29, 0.717) is 82.0 Å². The molecule has 6 N–H and O–H groups in total. The zero-order valence-electron chi connectivity index (χ0n) is 67.9. The van der Waals surface area contributed by atoms with E-state index in [4.69, 9.17) is 19.9 Å². The monoisotopic (exact) mass is 1530 g/mol. The van der Waals surface area contributed by atoms with Crippen molar-refractivity contribution in [3.63, 3.8) is 0 Å². The number of urea groups is 1. The maximum Gasteiger partial charge on any atom is 0.410 e. The molecule has 0 radical (unpaired) electrons. The van der Waals surface area contributed by atoms with Gasteiger partial charge in [0.1, 0.15) is 18.2 Å². The van der Waals surface area contributed by atoms with E-state index in [9.17, 15) is 52.7 Å². The van der Waals surface area contributed by atoms with E-state index in [1.807, 2.05) is 132 Å². The van der Waals surface area contributed by atoms with Crippen molar-refractivity contribution < 1.29 is 67.0 Å². The van der Waals surface area contributed by atoms with Crippen molar-refractivity contribution in [1.29, 1.82) is 0 Å². The second-order valence-corrected chi connectivity index (χ2v) is 33.6. The lowest BCUT2D eigenvalue weighted by molar-refractivity contribution is -0.149. The summed E-state index contributed by atoms with van der Waals surface area (Å²) in [5.41, 5.74) is 6.57. The Balaban J connectivity index is 0.0000302. The standard InChI is InChI=1S/C83H131N9O14S.CH4/c1-20-55(8)74(69(104-18)50-71(98)92-44-29-34-65(92)75(105-19)56(9)66(94)48-60(78-85-43-45-107-78)46-57-30-24-23-25-31-57)90(16)79(101)63(52(2)3)49-68(96)73(54(6)7)91(17)81(103)106-51-58-36-38-61(39-37-58)87-77(100)59(32-28-42-86-80(84)102)47-67(95)72(53(4)5)88-70(97)35-27-22-21-26-33-62(93)40-41-64(89-83(13,14)15)76(99)82(10,11)12;/h23-25,30-31,36-39,43,45,52-56,59-60,63-65,69,72-75,89H,20-22,26-29,32-35,40-42,44,46-51H2,1-19H3,(H,87,100)(H,88,97)(H3,84,86,102);1H4/t55-,56-,59+,60+,63-,64+,65-,69+,72-,73-,74-,75+;/m0./s1. The highest BCUT2D eigenvalue weighted by molar-refractivity contribution is 7.09. The van der Waals surface area contributed by atoms with E-state index in [1.165, 1.54) is 23.3 Å². The van der Waals surface area contributed by atoms with Crippen LogP contribution in [0.5, 0.6) is 0 Å². The van der Waals surface area contributed by atoms with Crippen LogP contribution in [0.2, 0.25) is 0 Å². The van der Waals surface area contributed by atoms with Crippen LogP contribution in [0, 0.1) is 46.8 Å². The Morgan fingerprint density at radius 1 is 0.713 bits per heavy atom. The maximum atomic E-state index is 15.0. The van der Waals surface area contributed by atoms with Gasteiger partial charge >= 0.3 is 12.1 Å². The third kappa shape index (κ3) is 30.9. The van der Waals surface area contributed by atoms with Crippen LogP contribution >= 0.6 is 11.3 Å². The predicted octanol–water partition coefficient (Wildman–Crippen LogP) is 13.7. The SMILES string of the molecule is C.CC[C@H](C)[C@@H]([C@@H](CC(=O)N1CCC[C@H]1[C@H](OC)[C@@H](C)C(=O)C[C@@H](Cc1ccccc1)c1nccs1)OC)N(C)C(=O)[C@@H](CC(=O)[C@H](C(C)C)N(C)C(=O)OCc1ccc(NC(=O)[C@H](CCCNC(N)=O)CC(=O)[C@@H](NC(=O)CCCCCCC(=O)CC[C@@H](NC(C)(C)C)C(=O)C(C)(C)C)C(C)C)cc1)C(C)C. The number of likely N-dealkylation sites (N-methyl/N-ethyl adjacent to an activating group) is 2. The zero-order chi connectivity index (χ0) is 80.0. The molecule has 3 aromatic rings. The summed E-state index contributed by atoms with van der Waals surface area (Å²) in [4.78, 5) is 161. The molecule has 2 heterocycles. The lowest BCUT2D eigenvalue weighted by Crippen LogP contribution is -2.54. The van der Waals surface area contributed by atoms with E-state index in [-0.39, 0.29) is 147 Å². The summed E-state index contributed by atoms with van der Waals surface area (Å²) in [5.74, 6) is -5.03. The van der Waals surface area contributed by atoms with Crippen molar-refractivity contribution >= 4 is 81.7 Å². The Kier molecular flexibility index (Phi) is 40.8. The van der Waals surface area contributed by atoms with Gasteiger partial charge in [-0.25, -0.2) is 14.6 Å². The Morgan fingerprint density at radius 2 is 1.36 bits per heavy atom. The minimum absolute atomic E-state index is 0. The van der Waals surface area contributed by atoms with Crippen molar-refractivity contribution in [1.82, 2.24) is 35.6 Å². The summed E-state index contributed by atoms with van der Waals surface area (Å²) in [6.45, 7) is 29.1. The van der Waals surface area contributed by atoms with Gasteiger partial charge < -0.3 is 55.9 Å². The van der Waals surface area contributed by atoms with Crippen molar-refractivity contribution in [2.45, 2.75) is 287 Å². The number of likely N-dealkylation sites (tertiary alicyclic amines) is 1. The number of ketones is 5. The number of benzene rings is 2. The van der Waals surface area contributed by atoms with Crippen LogP contribution in [0.3, 0.4) is 0 Å². The molecule has 0 saturated carbocycles. The molecule has 2 aromatic carbocycles. The van der Waals surface area contributed by atoms with Crippen LogP contribution in [0.1, 0.15) is 242 Å². The number of carbonyl (C=O) groups excluding carboxylic acids is 11. The normalized spacial score (nSPS) is 16.3. The van der Waals surface area contributed by atoms with Crippen LogP contribution in [0.25, 0.3) is 0 Å². The summed E-state index contributed by atoms with van der Waals surface area (Å²) >= 11 is 1.54. The number of Topliss-reactive ketones (excluding diaryl/α,β-unsaturated/α-hetero) is 5. The number of nitrogens with zero attached hydrogens (tertiary/aromatic N) is 4. The number of hydrogen-bond acceptors (Lipinski definition) is 17. The highest BCUT2D eigenvalue weighted by Crippen LogP contribution is 2.35. The molecular weight excluding hydrogens is 1390 g/mol. The number of nitrogens with two attached hydrogens (primary N) is 1. The summed E-state index contributed by atoms with van der Waals surface area (Å²) in [5, 5.41) is 14.5. The number of primary amides is 1. The first-order valence-electron chi connectivity index (χ1n) is 38.9. The molecule has 0 bridgehead atoms. The first-order valence-corrected chi connectivity index (χ1v) is 39.8. The van der Waals surface area contributed by atoms with E-state index < -0.39 is 77.6 Å². The van der Waals surface area contributed by atoms with E-state index in [0.717, 1.165) is 23.4 Å². The molecule has 108 heavy (non-hydrogen) atoms. The fourth-order valence-corrected chi connectivity index (χ4v) is 15.4. The molecule has 0 aliphatic carbocycles. The number of carbonyl (C=O) groups is 11. The average Bonchev–Trinajstić information content (AvgIpc) is 1.45. The molecule has 24 heteroatoms. The number of thiazole rings is 1. The van der Waals surface area contributed by atoms with Crippen LogP contribution in [-0.4, -0.2) is 174 Å². The van der Waals surface area contributed by atoms with Gasteiger partial charge in [0.05, 0.1) is 53.8 Å². The number of hydrogen-bond donors (Lipinski definition) is 5. The minimum Gasteiger partial charge on any atom is -0.445 e. The number of methoxy groups -OCH3 is 2. The highest BCUT2D eigenvalue weighted by Gasteiger charge is 2.44. The van der Waals surface area contributed by atoms with E-state index in [1.54, 1.807) is 56.6 Å². The van der Waals surface area contributed by atoms with Crippen molar-refractivity contribution in [2.75, 3.05) is 46.7 Å². The number of unbranched alkanes of at least 4 members (excludes halogenated alkanes) is 3. The number of nitrogens with one attached hydrogen (secondary N) is 4. The first-order chi connectivity index (χ1) is 50.3. The Labute approximate surface area is 650 Å². The predicted molar refractivity (Wildman–Crippen MR) is 427 cm³/mol. The molecule has 0 spiro atoms. The molecule has 1 aliphatic heterocycles. The number of ether oxygens (including phenoxy) is 3. The summed E-state index contributed by atoms with van der Waals surface area (Å²) in [6, 6.07) is 12.8. The number of aromatic nitrogens is 1. The topological polar surface area (TPSA) is 312 Å². The lowest BCUT2D eigenvalue weighted by Gasteiger charge is -2.41. The zero-order valence-corrected chi connectivity index (χ0v) is 68.7. The van der Waals surface area contributed by atoms with Crippen molar-refractivity contribution in [3.8, 4) is 0 Å². The molecule has 4 rings (SSSR count). The third-order valence-electron chi connectivity index (χ3n) is 20.9. The van der Waals surface area contributed by atoms with Gasteiger partial charge in [-0.2, -0.15) is 0 Å². The molecule has 1 saturated heterocycles. The fraction of sp³-hybridized carbons (Fsp3) is 0.690. The number of rotatable bonds is 48.